The lowest BCUT2D eigenvalue weighted by molar-refractivity contribution is -0.134. The van der Waals surface area contributed by atoms with Crippen LogP contribution in [0.25, 0.3) is 0 Å². The molecule has 0 aliphatic heterocycles. The first kappa shape index (κ1) is 13.1. The molecular weight excluding hydrogens is 228 g/mol. The predicted molar refractivity (Wildman–Crippen MR) is 70.0 cm³/mol. The van der Waals surface area contributed by atoms with Gasteiger partial charge in [-0.1, -0.05) is 30.3 Å². The van der Waals surface area contributed by atoms with Crippen molar-refractivity contribution in [3.63, 3.8) is 0 Å². The van der Waals surface area contributed by atoms with E-state index in [0.717, 1.165) is 18.4 Å². The normalized spacial score (nSPS) is 16.3. The van der Waals surface area contributed by atoms with E-state index >= 15 is 0 Å². The van der Waals surface area contributed by atoms with Crippen molar-refractivity contribution in [3.8, 4) is 0 Å². The highest BCUT2D eigenvalue weighted by atomic mass is 16.5. The van der Waals surface area contributed by atoms with Crippen LogP contribution in [0.1, 0.15) is 24.4 Å². The van der Waals surface area contributed by atoms with Gasteiger partial charge < -0.3 is 15.4 Å². The van der Waals surface area contributed by atoms with Crippen molar-refractivity contribution in [3.05, 3.63) is 35.9 Å². The Bertz CT molecular complexity index is 390. The second-order valence-corrected chi connectivity index (χ2v) is 4.64. The molecule has 0 saturated heterocycles. The van der Waals surface area contributed by atoms with Crippen molar-refractivity contribution < 1.29 is 9.53 Å². The van der Waals surface area contributed by atoms with Gasteiger partial charge in [0.15, 0.2) is 0 Å². The van der Waals surface area contributed by atoms with Crippen molar-refractivity contribution in [2.24, 2.45) is 5.73 Å². The number of amides is 1. The van der Waals surface area contributed by atoms with Crippen LogP contribution >= 0.6 is 0 Å². The van der Waals surface area contributed by atoms with Gasteiger partial charge >= 0.3 is 0 Å². The maximum absolute atomic E-state index is 12.4. The maximum Gasteiger partial charge on any atom is 0.244 e. The van der Waals surface area contributed by atoms with Crippen LogP contribution in [0.3, 0.4) is 0 Å². The van der Waals surface area contributed by atoms with Gasteiger partial charge in [0.25, 0.3) is 0 Å². The van der Waals surface area contributed by atoms with Gasteiger partial charge in [0, 0.05) is 19.7 Å². The van der Waals surface area contributed by atoms with E-state index < -0.39 is 6.04 Å². The molecule has 1 aliphatic rings. The number of carbonyl (C=O) groups is 1. The molecule has 0 bridgehead atoms. The molecule has 0 aromatic heterocycles. The number of carbonyl (C=O) groups excluding carboxylic acids is 1. The summed E-state index contributed by atoms with van der Waals surface area (Å²) in [6.45, 7) is 1.18. The third kappa shape index (κ3) is 3.09. The molecule has 0 spiro atoms. The summed E-state index contributed by atoms with van der Waals surface area (Å²) in [6.07, 6.45) is 2.16. The molecule has 1 amide bonds. The smallest absolute Gasteiger partial charge is 0.244 e. The van der Waals surface area contributed by atoms with Gasteiger partial charge in [-0.05, 0) is 18.4 Å². The van der Waals surface area contributed by atoms with Gasteiger partial charge in [-0.25, -0.2) is 0 Å². The molecule has 1 saturated carbocycles. The molecule has 1 aromatic rings. The number of nitrogens with two attached hydrogens (primary N) is 1. The lowest BCUT2D eigenvalue weighted by atomic mass is 10.1. The molecule has 98 valence electrons. The number of methoxy groups -OCH3 is 1. The van der Waals surface area contributed by atoms with E-state index in [-0.39, 0.29) is 5.91 Å². The first-order chi connectivity index (χ1) is 8.74. The van der Waals surface area contributed by atoms with Crippen LogP contribution in [0.4, 0.5) is 0 Å². The van der Waals surface area contributed by atoms with E-state index in [0.29, 0.717) is 19.2 Å². The van der Waals surface area contributed by atoms with E-state index in [9.17, 15) is 4.79 Å². The minimum Gasteiger partial charge on any atom is -0.383 e. The molecule has 2 rings (SSSR count). The molecule has 1 aromatic carbocycles. The summed E-state index contributed by atoms with van der Waals surface area (Å²) in [5.74, 6) is 0.000694. The summed E-state index contributed by atoms with van der Waals surface area (Å²) in [5, 5.41) is 0. The van der Waals surface area contributed by atoms with Crippen LogP contribution < -0.4 is 5.73 Å². The van der Waals surface area contributed by atoms with E-state index in [4.69, 9.17) is 10.5 Å². The zero-order chi connectivity index (χ0) is 13.0. The second kappa shape index (κ2) is 5.98. The van der Waals surface area contributed by atoms with Crippen LogP contribution in [0, 0.1) is 0 Å². The van der Waals surface area contributed by atoms with Crippen molar-refractivity contribution >= 4 is 5.91 Å². The van der Waals surface area contributed by atoms with Crippen molar-refractivity contribution in [2.75, 3.05) is 20.3 Å². The van der Waals surface area contributed by atoms with Gasteiger partial charge in [0.2, 0.25) is 5.91 Å². The molecule has 4 heteroatoms. The Kier molecular flexibility index (Phi) is 4.33. The Morgan fingerprint density at radius 2 is 2.11 bits per heavy atom. The molecular formula is C14H20N2O2. The van der Waals surface area contributed by atoms with E-state index in [1.54, 1.807) is 7.11 Å². The monoisotopic (exact) mass is 248 g/mol. The average Bonchev–Trinajstić information content (AvgIpc) is 3.24. The maximum atomic E-state index is 12.4. The van der Waals surface area contributed by atoms with Gasteiger partial charge in [0.05, 0.1) is 6.61 Å². The minimum atomic E-state index is -0.566. The molecule has 1 fully saturated rings. The zero-order valence-electron chi connectivity index (χ0n) is 10.7. The van der Waals surface area contributed by atoms with Crippen molar-refractivity contribution in [1.82, 2.24) is 4.90 Å². The minimum absolute atomic E-state index is 0.000694. The molecule has 0 heterocycles. The second-order valence-electron chi connectivity index (χ2n) is 4.64. The first-order valence-electron chi connectivity index (χ1n) is 6.34. The summed E-state index contributed by atoms with van der Waals surface area (Å²) in [4.78, 5) is 14.2. The van der Waals surface area contributed by atoms with Crippen LogP contribution in [0.2, 0.25) is 0 Å². The lowest BCUT2D eigenvalue weighted by Gasteiger charge is -2.25. The fourth-order valence-corrected chi connectivity index (χ4v) is 2.03. The van der Waals surface area contributed by atoms with E-state index in [1.807, 2.05) is 35.2 Å². The summed E-state index contributed by atoms with van der Waals surface area (Å²) < 4.78 is 5.05. The number of ether oxygens (including phenoxy) is 1. The van der Waals surface area contributed by atoms with Crippen LogP contribution in [-0.2, 0) is 9.53 Å². The molecule has 18 heavy (non-hydrogen) atoms. The summed E-state index contributed by atoms with van der Waals surface area (Å²) in [7, 11) is 1.65. The highest BCUT2D eigenvalue weighted by Gasteiger charge is 2.34. The Labute approximate surface area is 108 Å². The Hall–Kier alpha value is -1.39. The predicted octanol–water partition coefficient (Wildman–Crippen LogP) is 1.32. The number of benzene rings is 1. The Morgan fingerprint density at radius 3 is 2.67 bits per heavy atom. The van der Waals surface area contributed by atoms with Gasteiger partial charge in [0.1, 0.15) is 6.04 Å². The molecule has 4 nitrogen and oxygen atoms in total. The van der Waals surface area contributed by atoms with Gasteiger partial charge in [-0.3, -0.25) is 4.79 Å². The highest BCUT2D eigenvalue weighted by molar-refractivity contribution is 5.83. The van der Waals surface area contributed by atoms with Crippen molar-refractivity contribution in [2.45, 2.75) is 24.9 Å². The molecule has 0 radical (unpaired) electrons. The molecule has 2 N–H and O–H groups in total. The van der Waals surface area contributed by atoms with Gasteiger partial charge in [-0.15, -0.1) is 0 Å². The SMILES string of the molecule is COCCN(C(=O)[C@H](N)c1ccccc1)C1CC1. The third-order valence-electron chi connectivity index (χ3n) is 3.23. The average molecular weight is 248 g/mol. The van der Waals surface area contributed by atoms with E-state index in [1.165, 1.54) is 0 Å². The summed E-state index contributed by atoms with van der Waals surface area (Å²) in [6, 6.07) is 9.31. The fraction of sp³-hybridized carbons (Fsp3) is 0.500. The van der Waals surface area contributed by atoms with Crippen LogP contribution in [0.15, 0.2) is 30.3 Å². The highest BCUT2D eigenvalue weighted by Crippen LogP contribution is 2.28. The topological polar surface area (TPSA) is 55.6 Å². The lowest BCUT2D eigenvalue weighted by Crippen LogP contribution is -2.41. The van der Waals surface area contributed by atoms with E-state index in [2.05, 4.69) is 0 Å². The molecule has 1 aliphatic carbocycles. The zero-order valence-corrected chi connectivity index (χ0v) is 10.7. The first-order valence-corrected chi connectivity index (χ1v) is 6.34. The van der Waals surface area contributed by atoms with Crippen molar-refractivity contribution in [1.29, 1.82) is 0 Å². The quantitative estimate of drug-likeness (QED) is 0.826. The molecule has 1 atom stereocenters. The third-order valence-corrected chi connectivity index (χ3v) is 3.23. The Balaban J connectivity index is 2.03. The standard InChI is InChI=1S/C14H20N2O2/c1-18-10-9-16(12-7-8-12)14(17)13(15)11-5-3-2-4-6-11/h2-6,12-13H,7-10,15H2,1H3/t13-/m1/s1. The van der Waals surface area contributed by atoms with Crippen LogP contribution in [0.5, 0.6) is 0 Å². The summed E-state index contributed by atoms with van der Waals surface area (Å²) >= 11 is 0. The Morgan fingerprint density at radius 1 is 1.44 bits per heavy atom. The number of hydrogen-bond donors (Lipinski definition) is 1. The number of hydrogen-bond acceptors (Lipinski definition) is 3. The largest absolute Gasteiger partial charge is 0.383 e. The van der Waals surface area contributed by atoms with Crippen LogP contribution in [-0.4, -0.2) is 37.1 Å². The van der Waals surface area contributed by atoms with Gasteiger partial charge in [-0.2, -0.15) is 0 Å². The number of nitrogens with zero attached hydrogens (tertiary/aromatic N) is 1. The summed E-state index contributed by atoms with van der Waals surface area (Å²) in [5.41, 5.74) is 6.91. The molecule has 0 unspecified atom stereocenters. The fourth-order valence-electron chi connectivity index (χ4n) is 2.03. The number of rotatable bonds is 6.